The highest BCUT2D eigenvalue weighted by Gasteiger charge is 2.38. The number of nitrogens with zero attached hydrogens (tertiary/aromatic N) is 1. The van der Waals surface area contributed by atoms with Crippen molar-refractivity contribution in [2.24, 2.45) is 11.3 Å². The largest absolute Gasteiger partial charge is 0.316 e. The lowest BCUT2D eigenvalue weighted by Gasteiger charge is -2.48. The fourth-order valence-electron chi connectivity index (χ4n) is 4.77. The summed E-state index contributed by atoms with van der Waals surface area (Å²) in [5.74, 6) is 0.972. The molecule has 1 aliphatic carbocycles. The lowest BCUT2D eigenvalue weighted by molar-refractivity contribution is 0.0327. The molecule has 0 aromatic rings. The Morgan fingerprint density at radius 3 is 2.74 bits per heavy atom. The van der Waals surface area contributed by atoms with Crippen molar-refractivity contribution in [2.75, 3.05) is 26.2 Å². The van der Waals surface area contributed by atoms with Crippen molar-refractivity contribution >= 4 is 0 Å². The first-order chi connectivity index (χ1) is 9.27. The highest BCUT2D eigenvalue weighted by Crippen LogP contribution is 2.38. The Labute approximate surface area is 119 Å². The molecule has 1 spiro atoms. The van der Waals surface area contributed by atoms with Gasteiger partial charge in [-0.25, -0.2) is 0 Å². The third-order valence-electron chi connectivity index (χ3n) is 5.99. The minimum absolute atomic E-state index is 0.633. The van der Waals surface area contributed by atoms with Crippen molar-refractivity contribution in [3.8, 4) is 0 Å². The molecule has 3 atom stereocenters. The van der Waals surface area contributed by atoms with Crippen LogP contribution >= 0.6 is 0 Å². The Bertz CT molecular complexity index is 277. The van der Waals surface area contributed by atoms with Gasteiger partial charge in [0.15, 0.2) is 0 Å². The van der Waals surface area contributed by atoms with Crippen LogP contribution in [-0.2, 0) is 0 Å². The highest BCUT2D eigenvalue weighted by atomic mass is 15.2. The zero-order chi connectivity index (χ0) is 13.1. The summed E-state index contributed by atoms with van der Waals surface area (Å²) in [5, 5.41) is 3.66. The summed E-state index contributed by atoms with van der Waals surface area (Å²) in [6.07, 6.45) is 13.1. The van der Waals surface area contributed by atoms with Crippen molar-refractivity contribution in [1.82, 2.24) is 10.2 Å². The Hall–Kier alpha value is -0.0800. The number of likely N-dealkylation sites (tertiary alicyclic amines) is 1. The molecule has 110 valence electrons. The van der Waals surface area contributed by atoms with E-state index in [0.717, 1.165) is 12.0 Å². The second kappa shape index (κ2) is 6.13. The number of rotatable bonds is 1. The molecule has 3 rings (SSSR count). The molecule has 3 unspecified atom stereocenters. The molecule has 2 heterocycles. The summed E-state index contributed by atoms with van der Waals surface area (Å²) in [6.45, 7) is 7.75. The van der Waals surface area contributed by atoms with E-state index >= 15 is 0 Å². The predicted octanol–water partition coefficient (Wildman–Crippen LogP) is 3.42. The van der Waals surface area contributed by atoms with Crippen LogP contribution in [0.4, 0.5) is 0 Å². The maximum Gasteiger partial charge on any atom is 0.00956 e. The lowest BCUT2D eigenvalue weighted by atomic mass is 9.74. The fourth-order valence-corrected chi connectivity index (χ4v) is 4.77. The van der Waals surface area contributed by atoms with E-state index in [0.29, 0.717) is 5.41 Å². The predicted molar refractivity (Wildman–Crippen MR) is 81.4 cm³/mol. The minimum atomic E-state index is 0.633. The summed E-state index contributed by atoms with van der Waals surface area (Å²) in [6, 6.07) is 0.907. The summed E-state index contributed by atoms with van der Waals surface area (Å²) >= 11 is 0. The molecule has 1 N–H and O–H groups in total. The standard InChI is InChI=1S/C17H32N2/c1-15-5-2-6-16(8-7-15)19-12-4-10-17(14-19)9-3-11-18-13-17/h15-16,18H,2-14H2,1H3. The third-order valence-corrected chi connectivity index (χ3v) is 5.99. The Morgan fingerprint density at radius 2 is 1.89 bits per heavy atom. The quantitative estimate of drug-likeness (QED) is 0.730. The molecule has 0 aromatic heterocycles. The number of hydrogen-bond donors (Lipinski definition) is 1. The first kappa shape index (κ1) is 13.9. The summed E-state index contributed by atoms with van der Waals surface area (Å²) < 4.78 is 0. The second-order valence-corrected chi connectivity index (χ2v) is 7.62. The Kier molecular flexibility index (Phi) is 4.48. The van der Waals surface area contributed by atoms with E-state index in [2.05, 4.69) is 17.1 Å². The molecule has 2 nitrogen and oxygen atoms in total. The monoisotopic (exact) mass is 264 g/mol. The molecule has 2 aliphatic heterocycles. The summed E-state index contributed by atoms with van der Waals surface area (Å²) in [5.41, 5.74) is 0.633. The van der Waals surface area contributed by atoms with E-state index in [1.807, 2.05) is 0 Å². The molecule has 19 heavy (non-hydrogen) atoms. The van der Waals surface area contributed by atoms with Crippen molar-refractivity contribution in [3.05, 3.63) is 0 Å². The second-order valence-electron chi connectivity index (χ2n) is 7.62. The maximum atomic E-state index is 3.66. The Balaban J connectivity index is 1.60. The van der Waals surface area contributed by atoms with E-state index in [9.17, 15) is 0 Å². The number of hydrogen-bond acceptors (Lipinski definition) is 2. The SMILES string of the molecule is CC1CCCC(N2CCCC3(CCCNC3)C2)CC1. The molecular formula is C17H32N2. The van der Waals surface area contributed by atoms with Crippen LogP contribution in [0.1, 0.15) is 64.7 Å². The van der Waals surface area contributed by atoms with Gasteiger partial charge in [-0.2, -0.15) is 0 Å². The average molecular weight is 264 g/mol. The van der Waals surface area contributed by atoms with Gasteiger partial charge in [0.1, 0.15) is 0 Å². The van der Waals surface area contributed by atoms with Crippen molar-refractivity contribution in [2.45, 2.75) is 70.8 Å². The molecule has 2 saturated heterocycles. The maximum absolute atomic E-state index is 3.66. The molecule has 3 fully saturated rings. The van der Waals surface area contributed by atoms with E-state index in [4.69, 9.17) is 0 Å². The molecule has 0 radical (unpaired) electrons. The topological polar surface area (TPSA) is 15.3 Å². The zero-order valence-corrected chi connectivity index (χ0v) is 12.8. The normalized spacial score (nSPS) is 42.2. The van der Waals surface area contributed by atoms with Gasteiger partial charge < -0.3 is 5.32 Å². The van der Waals surface area contributed by atoms with Crippen LogP contribution in [0.25, 0.3) is 0 Å². The van der Waals surface area contributed by atoms with Crippen LogP contribution < -0.4 is 5.32 Å². The summed E-state index contributed by atoms with van der Waals surface area (Å²) in [7, 11) is 0. The van der Waals surface area contributed by atoms with Crippen molar-refractivity contribution in [1.29, 1.82) is 0 Å². The number of piperidine rings is 2. The van der Waals surface area contributed by atoms with E-state index < -0.39 is 0 Å². The third kappa shape index (κ3) is 3.33. The molecule has 0 amide bonds. The van der Waals surface area contributed by atoms with E-state index in [-0.39, 0.29) is 0 Å². The molecule has 0 bridgehead atoms. The van der Waals surface area contributed by atoms with Gasteiger partial charge in [0.05, 0.1) is 0 Å². The highest BCUT2D eigenvalue weighted by molar-refractivity contribution is 4.93. The molecule has 2 heteroatoms. The van der Waals surface area contributed by atoms with Gasteiger partial charge in [-0.1, -0.05) is 19.8 Å². The molecule has 0 aromatic carbocycles. The minimum Gasteiger partial charge on any atom is -0.316 e. The van der Waals surface area contributed by atoms with Crippen LogP contribution in [0, 0.1) is 11.3 Å². The molecule has 1 saturated carbocycles. The number of nitrogens with one attached hydrogen (secondary N) is 1. The smallest absolute Gasteiger partial charge is 0.00956 e. The van der Waals surface area contributed by atoms with Gasteiger partial charge in [-0.05, 0) is 69.4 Å². The average Bonchev–Trinajstić information content (AvgIpc) is 2.65. The first-order valence-corrected chi connectivity index (χ1v) is 8.72. The van der Waals surface area contributed by atoms with Crippen LogP contribution in [-0.4, -0.2) is 37.1 Å². The first-order valence-electron chi connectivity index (χ1n) is 8.72. The van der Waals surface area contributed by atoms with Crippen LogP contribution in [0.5, 0.6) is 0 Å². The lowest BCUT2D eigenvalue weighted by Crippen LogP contribution is -2.53. The van der Waals surface area contributed by atoms with Gasteiger partial charge in [0, 0.05) is 19.1 Å². The van der Waals surface area contributed by atoms with Gasteiger partial charge in [0.2, 0.25) is 0 Å². The summed E-state index contributed by atoms with van der Waals surface area (Å²) in [4.78, 5) is 2.88. The Morgan fingerprint density at radius 1 is 1.00 bits per heavy atom. The fraction of sp³-hybridized carbons (Fsp3) is 1.00. The van der Waals surface area contributed by atoms with Gasteiger partial charge >= 0.3 is 0 Å². The van der Waals surface area contributed by atoms with Crippen LogP contribution in [0.2, 0.25) is 0 Å². The molecular weight excluding hydrogens is 232 g/mol. The molecule has 3 aliphatic rings. The van der Waals surface area contributed by atoms with Gasteiger partial charge in [-0.15, -0.1) is 0 Å². The van der Waals surface area contributed by atoms with Gasteiger partial charge in [-0.3, -0.25) is 4.90 Å². The van der Waals surface area contributed by atoms with E-state index in [1.54, 1.807) is 0 Å². The van der Waals surface area contributed by atoms with Gasteiger partial charge in [0.25, 0.3) is 0 Å². The van der Waals surface area contributed by atoms with Crippen LogP contribution in [0.15, 0.2) is 0 Å². The van der Waals surface area contributed by atoms with Crippen molar-refractivity contribution < 1.29 is 0 Å². The zero-order valence-electron chi connectivity index (χ0n) is 12.8. The van der Waals surface area contributed by atoms with E-state index in [1.165, 1.54) is 84.0 Å². The van der Waals surface area contributed by atoms with Crippen molar-refractivity contribution in [3.63, 3.8) is 0 Å². The van der Waals surface area contributed by atoms with Crippen LogP contribution in [0.3, 0.4) is 0 Å².